The summed E-state index contributed by atoms with van der Waals surface area (Å²) in [6.45, 7) is 6.18. The van der Waals surface area contributed by atoms with Crippen LogP contribution in [0.15, 0.2) is 24.3 Å². The number of ketones is 1. The van der Waals surface area contributed by atoms with E-state index in [1.807, 2.05) is 6.92 Å². The highest BCUT2D eigenvalue weighted by Gasteiger charge is 2.35. The Morgan fingerprint density at radius 2 is 1.97 bits per heavy atom. The first-order valence-corrected chi connectivity index (χ1v) is 10.8. The first-order valence-electron chi connectivity index (χ1n) is 9.96. The molecular weight excluding hydrogens is 398 g/mol. The molecule has 0 aliphatic heterocycles. The fraction of sp³-hybridized carbons (Fsp3) is 0.348. The SMILES string of the molecule is CCc1c2c(nc3sc(C(=O)Nc4ccc(OC)cc4)c(N)c13)CC(C)(C)CC2=O. The van der Waals surface area contributed by atoms with Gasteiger partial charge < -0.3 is 15.8 Å². The lowest BCUT2D eigenvalue weighted by Crippen LogP contribution is -2.29. The average molecular weight is 424 g/mol. The summed E-state index contributed by atoms with van der Waals surface area (Å²) in [5, 5.41) is 3.63. The van der Waals surface area contributed by atoms with Gasteiger partial charge in [-0.05, 0) is 48.1 Å². The highest BCUT2D eigenvalue weighted by atomic mass is 32.1. The lowest BCUT2D eigenvalue weighted by molar-refractivity contribution is 0.0909. The van der Waals surface area contributed by atoms with Crippen LogP contribution in [0.25, 0.3) is 10.2 Å². The fourth-order valence-corrected chi connectivity index (χ4v) is 5.20. The van der Waals surface area contributed by atoms with Gasteiger partial charge >= 0.3 is 0 Å². The van der Waals surface area contributed by atoms with Crippen LogP contribution in [0.2, 0.25) is 0 Å². The number of pyridine rings is 1. The van der Waals surface area contributed by atoms with Crippen molar-refractivity contribution in [2.24, 2.45) is 5.41 Å². The number of amides is 1. The number of Topliss-reactive ketones (excluding diaryl/α,β-unsaturated/α-hetero) is 1. The number of fused-ring (bicyclic) bond motifs is 2. The van der Waals surface area contributed by atoms with E-state index in [1.165, 1.54) is 11.3 Å². The van der Waals surface area contributed by atoms with Gasteiger partial charge in [0.1, 0.15) is 15.5 Å². The van der Waals surface area contributed by atoms with Gasteiger partial charge in [-0.3, -0.25) is 9.59 Å². The number of rotatable bonds is 4. The molecule has 3 aromatic rings. The number of benzene rings is 1. The molecule has 0 saturated carbocycles. The summed E-state index contributed by atoms with van der Waals surface area (Å²) in [6.07, 6.45) is 1.89. The van der Waals surface area contributed by atoms with Gasteiger partial charge in [-0.1, -0.05) is 20.8 Å². The number of hydrogen-bond acceptors (Lipinski definition) is 6. The Kier molecular flexibility index (Phi) is 5.02. The highest BCUT2D eigenvalue weighted by Crippen LogP contribution is 2.42. The minimum absolute atomic E-state index is 0.113. The molecule has 7 heteroatoms. The largest absolute Gasteiger partial charge is 0.497 e. The maximum absolute atomic E-state index is 12.9. The van der Waals surface area contributed by atoms with E-state index in [2.05, 4.69) is 19.2 Å². The van der Waals surface area contributed by atoms with Crippen molar-refractivity contribution in [3.63, 3.8) is 0 Å². The Bertz CT molecular complexity index is 1160. The second-order valence-corrected chi connectivity index (χ2v) is 9.41. The van der Waals surface area contributed by atoms with Crippen molar-refractivity contribution in [2.75, 3.05) is 18.2 Å². The lowest BCUT2D eigenvalue weighted by atomic mass is 9.74. The van der Waals surface area contributed by atoms with E-state index in [1.54, 1.807) is 31.4 Å². The van der Waals surface area contributed by atoms with E-state index >= 15 is 0 Å². The molecule has 1 amide bonds. The van der Waals surface area contributed by atoms with Crippen molar-refractivity contribution in [3.8, 4) is 5.75 Å². The monoisotopic (exact) mass is 423 g/mol. The smallest absolute Gasteiger partial charge is 0.267 e. The summed E-state index contributed by atoms with van der Waals surface area (Å²) in [4.78, 5) is 31.8. The number of nitrogen functional groups attached to an aromatic ring is 1. The molecule has 0 atom stereocenters. The number of thiophene rings is 1. The summed E-state index contributed by atoms with van der Waals surface area (Å²) in [5.41, 5.74) is 9.79. The van der Waals surface area contributed by atoms with E-state index in [9.17, 15) is 9.59 Å². The second-order valence-electron chi connectivity index (χ2n) is 8.41. The number of nitrogens with two attached hydrogens (primary N) is 1. The maximum Gasteiger partial charge on any atom is 0.267 e. The molecule has 0 bridgehead atoms. The Morgan fingerprint density at radius 1 is 1.27 bits per heavy atom. The molecule has 0 fully saturated rings. The molecule has 4 rings (SSSR count). The summed E-state index contributed by atoms with van der Waals surface area (Å²) < 4.78 is 5.15. The van der Waals surface area contributed by atoms with Crippen molar-refractivity contribution in [1.82, 2.24) is 4.98 Å². The van der Waals surface area contributed by atoms with Crippen LogP contribution in [-0.2, 0) is 12.8 Å². The summed E-state index contributed by atoms with van der Waals surface area (Å²) >= 11 is 1.28. The van der Waals surface area contributed by atoms with Crippen molar-refractivity contribution in [3.05, 3.63) is 46.0 Å². The molecule has 0 saturated heterocycles. The third-order valence-corrected chi connectivity index (χ3v) is 6.63. The number of carbonyl (C=O) groups is 2. The number of hydrogen-bond donors (Lipinski definition) is 2. The molecular formula is C23H25N3O3S. The number of aromatic nitrogens is 1. The molecule has 156 valence electrons. The Balaban J connectivity index is 1.78. The van der Waals surface area contributed by atoms with Crippen molar-refractivity contribution >= 4 is 44.6 Å². The summed E-state index contributed by atoms with van der Waals surface area (Å²) in [6, 6.07) is 7.11. The Morgan fingerprint density at radius 3 is 2.60 bits per heavy atom. The van der Waals surface area contributed by atoms with Crippen LogP contribution in [-0.4, -0.2) is 23.8 Å². The molecule has 1 aliphatic rings. The zero-order chi connectivity index (χ0) is 21.6. The minimum atomic E-state index is -0.285. The van der Waals surface area contributed by atoms with E-state index in [4.69, 9.17) is 15.5 Å². The van der Waals surface area contributed by atoms with Gasteiger partial charge in [-0.25, -0.2) is 4.98 Å². The standard InChI is InChI=1S/C23H25N3O3S/c1-5-14-17-15(10-23(2,3)11-16(17)27)26-22-18(14)19(24)20(30-22)21(28)25-12-6-8-13(29-4)9-7-12/h6-9H,5,10-11,24H2,1-4H3,(H,25,28). The van der Waals surface area contributed by atoms with Crippen LogP contribution in [0.4, 0.5) is 11.4 Å². The average Bonchev–Trinajstić information content (AvgIpc) is 3.02. The molecule has 6 nitrogen and oxygen atoms in total. The lowest BCUT2D eigenvalue weighted by Gasteiger charge is -2.30. The van der Waals surface area contributed by atoms with Crippen molar-refractivity contribution in [2.45, 2.75) is 40.0 Å². The maximum atomic E-state index is 12.9. The summed E-state index contributed by atoms with van der Waals surface area (Å²) in [7, 11) is 1.59. The van der Waals surface area contributed by atoms with Crippen molar-refractivity contribution in [1.29, 1.82) is 0 Å². The van der Waals surface area contributed by atoms with Crippen LogP contribution in [0.3, 0.4) is 0 Å². The molecule has 2 aromatic heterocycles. The predicted molar refractivity (Wildman–Crippen MR) is 121 cm³/mol. The van der Waals surface area contributed by atoms with Crippen LogP contribution in [0, 0.1) is 5.41 Å². The van der Waals surface area contributed by atoms with Crippen LogP contribution >= 0.6 is 11.3 Å². The number of methoxy groups -OCH3 is 1. The molecule has 1 aromatic carbocycles. The normalized spacial score (nSPS) is 15.1. The van der Waals surface area contributed by atoms with Crippen LogP contribution in [0.5, 0.6) is 5.75 Å². The first kappa shape index (κ1) is 20.3. The topological polar surface area (TPSA) is 94.3 Å². The molecule has 0 radical (unpaired) electrons. The van der Waals surface area contributed by atoms with Gasteiger partial charge in [0.25, 0.3) is 5.91 Å². The number of aryl methyl sites for hydroxylation is 1. The van der Waals surface area contributed by atoms with E-state index in [0.717, 1.165) is 23.1 Å². The minimum Gasteiger partial charge on any atom is -0.497 e. The molecule has 1 aliphatic carbocycles. The van der Waals surface area contributed by atoms with Gasteiger partial charge in [0.05, 0.1) is 18.5 Å². The van der Waals surface area contributed by atoms with Gasteiger partial charge in [0.2, 0.25) is 0 Å². The third-order valence-electron chi connectivity index (χ3n) is 5.53. The van der Waals surface area contributed by atoms with Gasteiger partial charge in [0, 0.05) is 23.1 Å². The van der Waals surface area contributed by atoms with Crippen molar-refractivity contribution < 1.29 is 14.3 Å². The molecule has 0 unspecified atom stereocenters. The number of carbonyl (C=O) groups excluding carboxylic acids is 2. The van der Waals surface area contributed by atoms with Gasteiger partial charge in [-0.15, -0.1) is 11.3 Å². The van der Waals surface area contributed by atoms with Crippen LogP contribution < -0.4 is 15.8 Å². The molecule has 2 heterocycles. The second kappa shape index (κ2) is 7.40. The number of anilines is 2. The quantitative estimate of drug-likeness (QED) is 0.625. The highest BCUT2D eigenvalue weighted by molar-refractivity contribution is 7.21. The molecule has 3 N–H and O–H groups in total. The molecule has 30 heavy (non-hydrogen) atoms. The molecule has 0 spiro atoms. The third kappa shape index (κ3) is 3.43. The zero-order valence-corrected chi connectivity index (χ0v) is 18.4. The number of nitrogens with one attached hydrogen (secondary N) is 1. The number of ether oxygens (including phenoxy) is 1. The van der Waals surface area contributed by atoms with Gasteiger partial charge in [-0.2, -0.15) is 0 Å². The van der Waals surface area contributed by atoms with E-state index in [0.29, 0.717) is 45.2 Å². The Labute approximate surface area is 179 Å². The van der Waals surface area contributed by atoms with Gasteiger partial charge in [0.15, 0.2) is 5.78 Å². The zero-order valence-electron chi connectivity index (χ0n) is 17.6. The van der Waals surface area contributed by atoms with E-state index < -0.39 is 0 Å². The first-order chi connectivity index (χ1) is 14.2. The number of nitrogens with zero attached hydrogens (tertiary/aromatic N) is 1. The predicted octanol–water partition coefficient (Wildman–Crippen LogP) is 4.86. The summed E-state index contributed by atoms with van der Waals surface area (Å²) in [5.74, 6) is 0.541. The van der Waals surface area contributed by atoms with Crippen LogP contribution in [0.1, 0.15) is 58.5 Å². The fourth-order valence-electron chi connectivity index (χ4n) is 4.16. The Hall–Kier alpha value is -2.93. The van der Waals surface area contributed by atoms with E-state index in [-0.39, 0.29) is 17.1 Å².